The highest BCUT2D eigenvalue weighted by molar-refractivity contribution is 9.10. The number of nitrogens with one attached hydrogen (secondary N) is 1. The molecule has 0 radical (unpaired) electrons. The number of hydrogen-bond acceptors (Lipinski definition) is 2. The van der Waals surface area contributed by atoms with Crippen molar-refractivity contribution in [2.45, 2.75) is 6.04 Å². The van der Waals surface area contributed by atoms with Gasteiger partial charge in [-0.25, -0.2) is 4.39 Å². The van der Waals surface area contributed by atoms with Crippen molar-refractivity contribution in [1.29, 1.82) is 0 Å². The molecule has 1 N–H and O–H groups in total. The number of halogens is 3. The van der Waals surface area contributed by atoms with Crippen LogP contribution in [-0.2, 0) is 0 Å². The molecule has 0 aliphatic carbocycles. The summed E-state index contributed by atoms with van der Waals surface area (Å²) in [5, 5.41) is 4.59. The van der Waals surface area contributed by atoms with Crippen molar-refractivity contribution in [3.05, 3.63) is 69.1 Å². The standard InChI is InChI=1S/C16H12BrClFNO/c1-20-16(12-8-10(18)2-4-13(12)17)15-7-9-6-11(19)3-5-14(9)21-15/h2-8,16,20H,1H3. The molecule has 3 aromatic rings. The first-order chi connectivity index (χ1) is 10.1. The highest BCUT2D eigenvalue weighted by Crippen LogP contribution is 2.33. The van der Waals surface area contributed by atoms with Crippen LogP contribution in [0.3, 0.4) is 0 Å². The van der Waals surface area contributed by atoms with E-state index in [-0.39, 0.29) is 11.9 Å². The molecule has 21 heavy (non-hydrogen) atoms. The predicted octanol–water partition coefficient (Wildman–Crippen LogP) is 5.30. The summed E-state index contributed by atoms with van der Waals surface area (Å²) in [7, 11) is 1.84. The maximum Gasteiger partial charge on any atom is 0.134 e. The molecular formula is C16H12BrClFNO. The van der Waals surface area contributed by atoms with Crippen LogP contribution in [0.5, 0.6) is 0 Å². The lowest BCUT2D eigenvalue weighted by Gasteiger charge is -2.16. The third-order valence-corrected chi connectivity index (χ3v) is 4.30. The van der Waals surface area contributed by atoms with Gasteiger partial charge >= 0.3 is 0 Å². The largest absolute Gasteiger partial charge is 0.459 e. The third kappa shape index (κ3) is 2.84. The van der Waals surface area contributed by atoms with Crippen LogP contribution < -0.4 is 5.32 Å². The van der Waals surface area contributed by atoms with Crippen LogP contribution in [0.2, 0.25) is 5.02 Å². The molecule has 1 aromatic heterocycles. The second-order valence-electron chi connectivity index (χ2n) is 4.72. The van der Waals surface area contributed by atoms with Crippen LogP contribution in [0.4, 0.5) is 4.39 Å². The van der Waals surface area contributed by atoms with Crippen molar-refractivity contribution in [2.24, 2.45) is 0 Å². The minimum absolute atomic E-state index is 0.173. The van der Waals surface area contributed by atoms with Gasteiger partial charge < -0.3 is 9.73 Å². The highest BCUT2D eigenvalue weighted by atomic mass is 79.9. The van der Waals surface area contributed by atoms with Gasteiger partial charge in [0.25, 0.3) is 0 Å². The van der Waals surface area contributed by atoms with Crippen molar-refractivity contribution >= 4 is 38.5 Å². The molecular weight excluding hydrogens is 357 g/mol. The summed E-state index contributed by atoms with van der Waals surface area (Å²) >= 11 is 9.60. The van der Waals surface area contributed by atoms with Crippen LogP contribution in [-0.4, -0.2) is 7.05 Å². The lowest BCUT2D eigenvalue weighted by atomic mass is 10.0. The molecule has 0 aliphatic rings. The van der Waals surface area contributed by atoms with E-state index in [0.29, 0.717) is 16.4 Å². The van der Waals surface area contributed by atoms with Gasteiger partial charge in [0.2, 0.25) is 0 Å². The molecule has 0 spiro atoms. The summed E-state index contributed by atoms with van der Waals surface area (Å²) in [5.74, 6) is 0.431. The molecule has 0 bridgehead atoms. The Labute approximate surface area is 135 Å². The smallest absolute Gasteiger partial charge is 0.134 e. The maximum absolute atomic E-state index is 13.3. The van der Waals surface area contributed by atoms with Crippen molar-refractivity contribution in [3.63, 3.8) is 0 Å². The molecule has 1 heterocycles. The van der Waals surface area contributed by atoms with Crippen molar-refractivity contribution in [2.75, 3.05) is 7.05 Å². The van der Waals surface area contributed by atoms with Crippen LogP contribution in [0.15, 0.2) is 51.4 Å². The molecule has 0 saturated heterocycles. The zero-order valence-corrected chi connectivity index (χ0v) is 13.5. The van der Waals surface area contributed by atoms with Crippen LogP contribution in [0.25, 0.3) is 11.0 Å². The normalized spacial score (nSPS) is 12.8. The van der Waals surface area contributed by atoms with Crippen molar-refractivity contribution in [1.82, 2.24) is 5.32 Å². The molecule has 2 aromatic carbocycles. The lowest BCUT2D eigenvalue weighted by Crippen LogP contribution is -2.17. The van der Waals surface area contributed by atoms with E-state index in [4.69, 9.17) is 16.0 Å². The Morgan fingerprint density at radius 3 is 2.76 bits per heavy atom. The molecule has 108 valence electrons. The summed E-state index contributed by atoms with van der Waals surface area (Å²) < 4.78 is 20.0. The first kappa shape index (κ1) is 14.6. The average Bonchev–Trinajstić information content (AvgIpc) is 2.86. The zero-order valence-electron chi connectivity index (χ0n) is 11.2. The van der Waals surface area contributed by atoms with E-state index in [1.54, 1.807) is 6.07 Å². The molecule has 0 aliphatic heterocycles. The zero-order chi connectivity index (χ0) is 15.0. The van der Waals surface area contributed by atoms with Gasteiger partial charge in [-0.05, 0) is 55.1 Å². The summed E-state index contributed by atoms with van der Waals surface area (Å²) in [6, 6.07) is 11.7. The van der Waals surface area contributed by atoms with Gasteiger partial charge in [0.1, 0.15) is 17.2 Å². The van der Waals surface area contributed by atoms with E-state index in [2.05, 4.69) is 21.2 Å². The van der Waals surface area contributed by atoms with E-state index >= 15 is 0 Å². The minimum atomic E-state index is -0.278. The Morgan fingerprint density at radius 2 is 2.00 bits per heavy atom. The van der Waals surface area contributed by atoms with Crippen LogP contribution in [0, 0.1) is 5.82 Å². The predicted molar refractivity (Wildman–Crippen MR) is 86.2 cm³/mol. The van der Waals surface area contributed by atoms with Gasteiger partial charge in [0.15, 0.2) is 0 Å². The highest BCUT2D eigenvalue weighted by Gasteiger charge is 2.19. The van der Waals surface area contributed by atoms with E-state index in [9.17, 15) is 4.39 Å². The summed E-state index contributed by atoms with van der Waals surface area (Å²) in [4.78, 5) is 0. The molecule has 1 atom stereocenters. The molecule has 1 unspecified atom stereocenters. The Morgan fingerprint density at radius 1 is 1.19 bits per heavy atom. The summed E-state index contributed by atoms with van der Waals surface area (Å²) in [6.45, 7) is 0. The molecule has 3 rings (SSSR count). The van der Waals surface area contributed by atoms with Gasteiger partial charge in [-0.2, -0.15) is 0 Å². The van der Waals surface area contributed by atoms with Crippen LogP contribution >= 0.6 is 27.5 Å². The number of hydrogen-bond donors (Lipinski definition) is 1. The van der Waals surface area contributed by atoms with E-state index in [0.717, 1.165) is 15.4 Å². The second kappa shape index (κ2) is 5.79. The topological polar surface area (TPSA) is 25.2 Å². The molecule has 0 amide bonds. The Hall–Kier alpha value is -1.36. The summed E-state index contributed by atoms with van der Waals surface area (Å²) in [6.07, 6.45) is 0. The fourth-order valence-electron chi connectivity index (χ4n) is 2.36. The van der Waals surface area contributed by atoms with E-state index in [1.165, 1.54) is 12.1 Å². The first-order valence-corrected chi connectivity index (χ1v) is 7.57. The Bertz CT molecular complexity index is 802. The van der Waals surface area contributed by atoms with E-state index < -0.39 is 0 Å². The fraction of sp³-hybridized carbons (Fsp3) is 0.125. The van der Waals surface area contributed by atoms with Gasteiger partial charge in [0, 0.05) is 14.9 Å². The summed E-state index contributed by atoms with van der Waals surface area (Å²) in [5.41, 5.74) is 1.62. The van der Waals surface area contributed by atoms with Gasteiger partial charge in [-0.1, -0.05) is 27.5 Å². The van der Waals surface area contributed by atoms with Gasteiger partial charge in [-0.15, -0.1) is 0 Å². The first-order valence-electron chi connectivity index (χ1n) is 6.39. The monoisotopic (exact) mass is 367 g/mol. The quantitative estimate of drug-likeness (QED) is 0.679. The molecule has 0 saturated carbocycles. The van der Waals surface area contributed by atoms with Gasteiger partial charge in [-0.3, -0.25) is 0 Å². The Kier molecular flexibility index (Phi) is 4.02. The lowest BCUT2D eigenvalue weighted by molar-refractivity contribution is 0.490. The molecule has 0 fully saturated rings. The number of fused-ring (bicyclic) bond motifs is 1. The van der Waals surface area contributed by atoms with Crippen LogP contribution in [0.1, 0.15) is 17.4 Å². The minimum Gasteiger partial charge on any atom is -0.459 e. The van der Waals surface area contributed by atoms with Crippen molar-refractivity contribution < 1.29 is 8.81 Å². The average molecular weight is 369 g/mol. The number of rotatable bonds is 3. The molecule has 2 nitrogen and oxygen atoms in total. The number of benzene rings is 2. The SMILES string of the molecule is CNC(c1cc2cc(F)ccc2o1)c1cc(Cl)ccc1Br. The third-order valence-electron chi connectivity index (χ3n) is 3.34. The molecule has 5 heteroatoms. The second-order valence-corrected chi connectivity index (χ2v) is 6.01. The Balaban J connectivity index is 2.11. The van der Waals surface area contributed by atoms with E-state index in [1.807, 2.05) is 31.3 Å². The maximum atomic E-state index is 13.3. The number of furan rings is 1. The fourth-order valence-corrected chi connectivity index (χ4v) is 3.02. The van der Waals surface area contributed by atoms with Gasteiger partial charge in [0.05, 0.1) is 6.04 Å². The van der Waals surface area contributed by atoms with Crippen molar-refractivity contribution in [3.8, 4) is 0 Å².